The molecule has 0 unspecified atom stereocenters. The molecule has 0 spiro atoms. The van der Waals surface area contributed by atoms with Gasteiger partial charge >= 0.3 is 0 Å². The largest absolute Gasteiger partial charge is 0.354 e. The zero-order valence-electron chi connectivity index (χ0n) is 16.6. The van der Waals surface area contributed by atoms with Gasteiger partial charge in [-0.2, -0.15) is 0 Å². The van der Waals surface area contributed by atoms with Gasteiger partial charge in [-0.25, -0.2) is 0 Å². The number of hydrogen-bond donors (Lipinski definition) is 0. The summed E-state index contributed by atoms with van der Waals surface area (Å²) in [7, 11) is -0.706. The molecule has 0 saturated heterocycles. The van der Waals surface area contributed by atoms with Crippen molar-refractivity contribution in [1.82, 2.24) is 0 Å². The summed E-state index contributed by atoms with van der Waals surface area (Å²) in [6.45, 7) is 16.6. The van der Waals surface area contributed by atoms with Crippen LogP contribution in [-0.4, -0.2) is 55.3 Å². The van der Waals surface area contributed by atoms with E-state index in [0.29, 0.717) is 0 Å². The number of rotatable bonds is 14. The Morgan fingerprint density at radius 3 is 1.00 bits per heavy atom. The molecule has 6 heteroatoms. The molecule has 0 aliphatic rings. The third-order valence-electron chi connectivity index (χ3n) is 3.08. The predicted molar refractivity (Wildman–Crippen MR) is 104 cm³/mol. The van der Waals surface area contributed by atoms with Crippen molar-refractivity contribution < 1.29 is 18.9 Å². The lowest BCUT2D eigenvalue weighted by Crippen LogP contribution is -2.31. The van der Waals surface area contributed by atoms with Crippen molar-refractivity contribution in [1.29, 1.82) is 0 Å². The summed E-state index contributed by atoms with van der Waals surface area (Å²) in [5, 5.41) is 0. The van der Waals surface area contributed by atoms with Crippen LogP contribution in [0.3, 0.4) is 0 Å². The Labute approximate surface area is 148 Å². The molecule has 0 amide bonds. The van der Waals surface area contributed by atoms with E-state index in [1.807, 2.05) is 0 Å². The molecule has 0 heterocycles. The summed E-state index contributed by atoms with van der Waals surface area (Å²) >= 11 is 0. The normalized spacial score (nSPS) is 13.8. The predicted octanol–water partition coefficient (Wildman–Crippen LogP) is 2.82. The smallest absolute Gasteiger partial charge is 0.135 e. The fourth-order valence-corrected chi connectivity index (χ4v) is 7.09. The van der Waals surface area contributed by atoms with E-state index in [1.54, 1.807) is 0 Å². The highest BCUT2D eigenvalue weighted by molar-refractivity contribution is 6.38. The van der Waals surface area contributed by atoms with E-state index in [-0.39, 0.29) is 55.3 Å². The van der Waals surface area contributed by atoms with Crippen LogP contribution in [0.2, 0.25) is 12.1 Å². The van der Waals surface area contributed by atoms with Gasteiger partial charge < -0.3 is 18.9 Å². The van der Waals surface area contributed by atoms with Crippen molar-refractivity contribution in [3.63, 3.8) is 0 Å². The molecule has 0 aliphatic carbocycles. The summed E-state index contributed by atoms with van der Waals surface area (Å²) in [4.78, 5) is 0. The van der Waals surface area contributed by atoms with E-state index in [0.717, 1.165) is 0 Å². The average molecular weight is 365 g/mol. The SMILES string of the molecule is CC(C)OC(OC(C)C)[SiH2]CCC[SiH2]C(OC(C)C)OC(C)C. The third-order valence-corrected chi connectivity index (χ3v) is 6.60. The molecule has 0 aliphatic heterocycles. The van der Waals surface area contributed by atoms with Crippen LogP contribution < -0.4 is 0 Å². The minimum absolute atomic E-state index is 0.0614. The maximum absolute atomic E-state index is 5.90. The Morgan fingerprint density at radius 1 is 0.522 bits per heavy atom. The van der Waals surface area contributed by atoms with Crippen molar-refractivity contribution in [3.05, 3.63) is 0 Å². The Balaban J connectivity index is 4.00. The zero-order valence-corrected chi connectivity index (χ0v) is 19.5. The molecule has 0 atom stereocenters. The second-order valence-corrected chi connectivity index (χ2v) is 11.1. The zero-order chi connectivity index (χ0) is 17.8. The van der Waals surface area contributed by atoms with E-state index in [2.05, 4.69) is 55.4 Å². The van der Waals surface area contributed by atoms with Gasteiger partial charge in [0.2, 0.25) is 0 Å². The minimum atomic E-state index is -0.353. The van der Waals surface area contributed by atoms with Crippen LogP contribution in [0.15, 0.2) is 0 Å². The number of ether oxygens (including phenoxy) is 4. The lowest BCUT2D eigenvalue weighted by molar-refractivity contribution is -0.134. The molecular weight excluding hydrogens is 324 g/mol. The second-order valence-electron chi connectivity index (χ2n) is 7.24. The van der Waals surface area contributed by atoms with Gasteiger partial charge in [-0.1, -0.05) is 18.5 Å². The second kappa shape index (κ2) is 13.6. The van der Waals surface area contributed by atoms with E-state index >= 15 is 0 Å². The Bertz CT molecular complexity index is 227. The summed E-state index contributed by atoms with van der Waals surface area (Å²) in [5.41, 5.74) is 0. The van der Waals surface area contributed by atoms with Gasteiger partial charge in [0.05, 0.1) is 43.5 Å². The molecule has 0 radical (unpaired) electrons. The molecule has 0 bridgehead atoms. The van der Waals surface area contributed by atoms with Crippen LogP contribution in [-0.2, 0) is 18.9 Å². The van der Waals surface area contributed by atoms with Gasteiger partial charge in [0.1, 0.15) is 11.8 Å². The first-order chi connectivity index (χ1) is 10.7. The van der Waals surface area contributed by atoms with Crippen LogP contribution in [0.4, 0.5) is 0 Å². The first-order valence-electron chi connectivity index (χ1n) is 9.32. The highest BCUT2D eigenvalue weighted by Gasteiger charge is 2.16. The number of hydrogen-bond acceptors (Lipinski definition) is 4. The quantitative estimate of drug-likeness (QED) is 0.270. The molecule has 0 N–H and O–H groups in total. The average Bonchev–Trinajstić information content (AvgIpc) is 2.34. The molecule has 23 heavy (non-hydrogen) atoms. The van der Waals surface area contributed by atoms with Gasteiger partial charge in [0.25, 0.3) is 0 Å². The molecule has 140 valence electrons. The summed E-state index contributed by atoms with van der Waals surface area (Å²) in [6.07, 6.45) is 2.22. The molecule has 0 aromatic carbocycles. The van der Waals surface area contributed by atoms with Gasteiger partial charge in [0.15, 0.2) is 0 Å². The van der Waals surface area contributed by atoms with Crippen LogP contribution in [0.5, 0.6) is 0 Å². The molecule has 0 rings (SSSR count). The standard InChI is InChI=1S/C17H40O4Si2/c1-12(2)18-16(19-13(3)4)22-10-9-11-23-17(20-14(5)6)21-15(7)8/h12-17H,9-11,22-23H2,1-8H3. The van der Waals surface area contributed by atoms with Crippen LogP contribution in [0.1, 0.15) is 61.8 Å². The Morgan fingerprint density at radius 2 is 0.783 bits per heavy atom. The molecule has 0 aromatic rings. The highest BCUT2D eigenvalue weighted by Crippen LogP contribution is 2.09. The third kappa shape index (κ3) is 15.5. The molecular formula is C17H40O4Si2. The van der Waals surface area contributed by atoms with Crippen molar-refractivity contribution in [2.75, 3.05) is 0 Å². The molecule has 0 aromatic heterocycles. The summed E-state index contributed by atoms with van der Waals surface area (Å²) in [5.74, 6) is 0.123. The molecule has 0 fully saturated rings. The summed E-state index contributed by atoms with van der Waals surface area (Å²) in [6, 6.07) is 2.54. The first kappa shape index (κ1) is 23.3. The summed E-state index contributed by atoms with van der Waals surface area (Å²) < 4.78 is 23.6. The first-order valence-corrected chi connectivity index (χ1v) is 13.0. The van der Waals surface area contributed by atoms with Gasteiger partial charge in [-0.3, -0.25) is 0 Å². The maximum atomic E-state index is 5.90. The van der Waals surface area contributed by atoms with Crippen LogP contribution >= 0.6 is 0 Å². The molecule has 0 saturated carbocycles. The highest BCUT2D eigenvalue weighted by atomic mass is 28.2. The lowest BCUT2D eigenvalue weighted by atomic mass is 10.5. The van der Waals surface area contributed by atoms with E-state index in [4.69, 9.17) is 18.9 Å². The lowest BCUT2D eigenvalue weighted by Gasteiger charge is -2.24. The van der Waals surface area contributed by atoms with Crippen molar-refractivity contribution in [2.24, 2.45) is 0 Å². The minimum Gasteiger partial charge on any atom is -0.354 e. The van der Waals surface area contributed by atoms with Gasteiger partial charge in [0, 0.05) is 0 Å². The fraction of sp³-hybridized carbons (Fsp3) is 1.00. The Hall–Kier alpha value is 0.274. The van der Waals surface area contributed by atoms with E-state index in [1.165, 1.54) is 18.5 Å². The van der Waals surface area contributed by atoms with Crippen molar-refractivity contribution in [3.8, 4) is 0 Å². The maximum Gasteiger partial charge on any atom is 0.135 e. The van der Waals surface area contributed by atoms with E-state index in [9.17, 15) is 0 Å². The van der Waals surface area contributed by atoms with Gasteiger partial charge in [-0.15, -0.1) is 0 Å². The van der Waals surface area contributed by atoms with Crippen LogP contribution in [0.25, 0.3) is 0 Å². The van der Waals surface area contributed by atoms with Gasteiger partial charge in [-0.05, 0) is 55.4 Å². The van der Waals surface area contributed by atoms with Crippen molar-refractivity contribution >= 4 is 19.0 Å². The van der Waals surface area contributed by atoms with E-state index < -0.39 is 0 Å². The fourth-order valence-electron chi connectivity index (χ4n) is 2.35. The topological polar surface area (TPSA) is 36.9 Å². The Kier molecular flexibility index (Phi) is 13.7. The van der Waals surface area contributed by atoms with Crippen LogP contribution in [0, 0.1) is 0 Å². The van der Waals surface area contributed by atoms with Crippen molar-refractivity contribution in [2.45, 2.75) is 110 Å². The monoisotopic (exact) mass is 364 g/mol. The molecule has 4 nitrogen and oxygen atoms in total.